The van der Waals surface area contributed by atoms with E-state index >= 15 is 0 Å². The number of hydrogen-bond acceptors (Lipinski definition) is 8. The number of esters is 2. The number of hydrogen-bond donors (Lipinski definition) is 0. The van der Waals surface area contributed by atoms with Crippen LogP contribution in [0.1, 0.15) is 34.7 Å². The maximum atomic E-state index is 12.8. The Labute approximate surface area is 219 Å². The molecule has 8 nitrogen and oxygen atoms in total. The zero-order valence-corrected chi connectivity index (χ0v) is 20.4. The van der Waals surface area contributed by atoms with Gasteiger partial charge in [0.25, 0.3) is 0 Å². The first-order valence-electron chi connectivity index (χ1n) is 12.3. The first-order valence-corrected chi connectivity index (χ1v) is 12.3. The van der Waals surface area contributed by atoms with Gasteiger partial charge in [0.05, 0.1) is 0 Å². The van der Waals surface area contributed by atoms with Crippen molar-refractivity contribution in [2.45, 2.75) is 25.5 Å². The zero-order valence-electron chi connectivity index (χ0n) is 20.4. The lowest BCUT2D eigenvalue weighted by Gasteiger charge is -2.26. The van der Waals surface area contributed by atoms with Crippen molar-refractivity contribution in [1.29, 1.82) is 0 Å². The van der Waals surface area contributed by atoms with Crippen LogP contribution in [0.2, 0.25) is 0 Å². The molecular formula is C30H24N4O4. The third-order valence-electron chi connectivity index (χ3n) is 6.69. The Balaban J connectivity index is 1.17. The van der Waals surface area contributed by atoms with Gasteiger partial charge in [-0.05, 0) is 35.4 Å². The number of carbonyl (C=O) groups is 2. The number of carbonyl (C=O) groups excluding carboxylic acids is 2. The number of benzene rings is 2. The average molecular weight is 505 g/mol. The molecule has 0 fully saturated rings. The molecule has 2 unspecified atom stereocenters. The summed E-state index contributed by atoms with van der Waals surface area (Å²) in [5.41, 5.74) is 5.72. The fourth-order valence-corrected chi connectivity index (χ4v) is 4.92. The van der Waals surface area contributed by atoms with Gasteiger partial charge in [0.15, 0.2) is 0 Å². The molecule has 2 atom stereocenters. The van der Waals surface area contributed by atoms with Crippen molar-refractivity contribution in [3.63, 3.8) is 0 Å². The van der Waals surface area contributed by atoms with Crippen molar-refractivity contribution in [3.05, 3.63) is 132 Å². The van der Waals surface area contributed by atoms with Crippen molar-refractivity contribution in [3.8, 4) is 0 Å². The van der Waals surface area contributed by atoms with Gasteiger partial charge >= 0.3 is 11.9 Å². The fourth-order valence-electron chi connectivity index (χ4n) is 4.92. The van der Waals surface area contributed by atoms with Crippen LogP contribution >= 0.6 is 0 Å². The summed E-state index contributed by atoms with van der Waals surface area (Å²) in [5.74, 6) is -1.28. The van der Waals surface area contributed by atoms with Crippen molar-refractivity contribution < 1.29 is 19.1 Å². The second kappa shape index (κ2) is 10.2. The van der Waals surface area contributed by atoms with E-state index in [0.717, 1.165) is 45.8 Å². The van der Waals surface area contributed by atoms with Crippen LogP contribution < -0.4 is 9.80 Å². The van der Waals surface area contributed by atoms with E-state index in [2.05, 4.69) is 9.97 Å². The van der Waals surface area contributed by atoms with E-state index in [0.29, 0.717) is 13.1 Å². The molecular weight excluding hydrogens is 480 g/mol. The molecule has 0 saturated heterocycles. The van der Waals surface area contributed by atoms with Gasteiger partial charge in [-0.1, -0.05) is 48.5 Å². The molecule has 0 aliphatic carbocycles. The predicted octanol–water partition coefficient (Wildman–Crippen LogP) is 4.86. The molecule has 8 heteroatoms. The third kappa shape index (κ3) is 4.59. The van der Waals surface area contributed by atoms with Crippen LogP contribution in [0.4, 0.5) is 11.4 Å². The molecule has 4 heterocycles. The minimum absolute atomic E-state index is 0.593. The van der Waals surface area contributed by atoms with Crippen LogP contribution in [-0.2, 0) is 32.2 Å². The summed E-state index contributed by atoms with van der Waals surface area (Å²) in [6, 6.07) is 23.1. The summed E-state index contributed by atoms with van der Waals surface area (Å²) in [6.45, 7) is 1.19. The normalized spacial score (nSPS) is 17.8. The molecule has 2 aromatic carbocycles. The molecule has 188 valence electrons. The smallest absolute Gasteiger partial charge is 0.333 e. The maximum absolute atomic E-state index is 12.8. The highest BCUT2D eigenvalue weighted by Gasteiger charge is 2.34. The minimum Gasteiger partial charge on any atom is -0.434 e. The molecule has 0 N–H and O–H groups in total. The Morgan fingerprint density at radius 2 is 1.03 bits per heavy atom. The van der Waals surface area contributed by atoms with E-state index in [1.54, 1.807) is 24.8 Å². The molecule has 2 aliphatic heterocycles. The SMILES string of the molecule is O=C(/C=C\C(=O)OC1c2ccccc2CN1c1ccncc1)OC1c2ccccc2CN1c1ccncc1. The predicted molar refractivity (Wildman–Crippen MR) is 141 cm³/mol. The second-order valence-corrected chi connectivity index (χ2v) is 8.98. The highest BCUT2D eigenvalue weighted by atomic mass is 16.6. The largest absolute Gasteiger partial charge is 0.434 e. The van der Waals surface area contributed by atoms with Crippen LogP contribution in [0.25, 0.3) is 0 Å². The van der Waals surface area contributed by atoms with Crippen LogP contribution in [0.5, 0.6) is 0 Å². The van der Waals surface area contributed by atoms with Gasteiger partial charge in [-0.15, -0.1) is 0 Å². The molecule has 0 spiro atoms. The van der Waals surface area contributed by atoms with Crippen LogP contribution in [0.15, 0.2) is 110 Å². The Bertz CT molecular complexity index is 1380. The Morgan fingerprint density at radius 3 is 1.45 bits per heavy atom. The third-order valence-corrected chi connectivity index (χ3v) is 6.69. The Morgan fingerprint density at radius 1 is 0.632 bits per heavy atom. The molecule has 2 aliphatic rings. The summed E-state index contributed by atoms with van der Waals surface area (Å²) in [5, 5.41) is 0. The maximum Gasteiger partial charge on any atom is 0.333 e. The van der Waals surface area contributed by atoms with Gasteiger partial charge in [0.1, 0.15) is 0 Å². The van der Waals surface area contributed by atoms with E-state index in [1.165, 1.54) is 0 Å². The van der Waals surface area contributed by atoms with Crippen molar-refractivity contribution in [2.75, 3.05) is 9.80 Å². The molecule has 2 aromatic heterocycles. The highest BCUT2D eigenvalue weighted by Crippen LogP contribution is 2.39. The first kappa shape index (κ1) is 23.4. The van der Waals surface area contributed by atoms with E-state index in [-0.39, 0.29) is 0 Å². The number of anilines is 2. The van der Waals surface area contributed by atoms with Crippen LogP contribution in [-0.4, -0.2) is 21.9 Å². The van der Waals surface area contributed by atoms with E-state index in [4.69, 9.17) is 9.47 Å². The molecule has 0 amide bonds. The number of fused-ring (bicyclic) bond motifs is 2. The molecule has 4 aromatic rings. The number of ether oxygens (including phenoxy) is 2. The van der Waals surface area contributed by atoms with E-state index in [9.17, 15) is 9.59 Å². The molecule has 0 radical (unpaired) electrons. The lowest BCUT2D eigenvalue weighted by Crippen LogP contribution is -2.26. The fraction of sp³-hybridized carbons (Fsp3) is 0.133. The molecule has 0 bridgehead atoms. The number of aromatic nitrogens is 2. The quantitative estimate of drug-likeness (QED) is 0.272. The second-order valence-electron chi connectivity index (χ2n) is 8.98. The highest BCUT2D eigenvalue weighted by molar-refractivity contribution is 5.92. The first-order chi connectivity index (χ1) is 18.7. The zero-order chi connectivity index (χ0) is 25.9. The minimum atomic E-state index is -0.638. The lowest BCUT2D eigenvalue weighted by atomic mass is 10.1. The summed E-state index contributed by atoms with van der Waals surface area (Å²) < 4.78 is 11.7. The van der Waals surface area contributed by atoms with Gasteiger partial charge < -0.3 is 19.3 Å². The summed E-state index contributed by atoms with van der Waals surface area (Å²) in [4.78, 5) is 37.8. The Kier molecular flexibility index (Phi) is 6.27. The Hall–Kier alpha value is -4.98. The van der Waals surface area contributed by atoms with Gasteiger partial charge in [0, 0.05) is 72.5 Å². The van der Waals surface area contributed by atoms with Gasteiger partial charge in [0.2, 0.25) is 12.5 Å². The van der Waals surface area contributed by atoms with Crippen molar-refractivity contribution in [2.24, 2.45) is 0 Å². The van der Waals surface area contributed by atoms with Crippen LogP contribution in [0.3, 0.4) is 0 Å². The van der Waals surface area contributed by atoms with E-state index < -0.39 is 24.4 Å². The number of pyridine rings is 2. The van der Waals surface area contributed by atoms with Gasteiger partial charge in [-0.3, -0.25) is 9.97 Å². The monoisotopic (exact) mass is 504 g/mol. The summed E-state index contributed by atoms with van der Waals surface area (Å²) in [6.07, 6.45) is 7.79. The average Bonchev–Trinajstić information content (AvgIpc) is 3.51. The standard InChI is InChI=1S/C30H24N4O4/c35-27(37-29-25-7-3-1-5-21(25)19-33(29)23-11-15-31-16-12-23)9-10-28(36)38-30-26-8-4-2-6-22(26)20-34(30)24-13-17-32-18-14-24/h1-18,29-30H,19-20H2/b10-9-. The topological polar surface area (TPSA) is 84.9 Å². The summed E-state index contributed by atoms with van der Waals surface area (Å²) in [7, 11) is 0. The molecule has 6 rings (SSSR count). The molecule has 38 heavy (non-hydrogen) atoms. The number of nitrogens with zero attached hydrogens (tertiary/aromatic N) is 4. The molecule has 0 saturated carbocycles. The summed E-state index contributed by atoms with van der Waals surface area (Å²) >= 11 is 0. The van der Waals surface area contributed by atoms with Gasteiger partial charge in [-0.2, -0.15) is 0 Å². The van der Waals surface area contributed by atoms with Crippen molar-refractivity contribution in [1.82, 2.24) is 9.97 Å². The van der Waals surface area contributed by atoms with Crippen LogP contribution in [0, 0.1) is 0 Å². The van der Waals surface area contributed by atoms with E-state index in [1.807, 2.05) is 82.6 Å². The van der Waals surface area contributed by atoms with Gasteiger partial charge in [-0.25, -0.2) is 9.59 Å². The van der Waals surface area contributed by atoms with Crippen molar-refractivity contribution >= 4 is 23.3 Å². The lowest BCUT2D eigenvalue weighted by molar-refractivity contribution is -0.146. The number of rotatable bonds is 6.